The molecule has 5 aromatic carbocycles. The molecule has 0 saturated heterocycles. The quantitative estimate of drug-likeness (QED) is 0.175. The van der Waals surface area contributed by atoms with Crippen LogP contribution in [0.25, 0.3) is 0 Å². The lowest BCUT2D eigenvalue weighted by Crippen LogP contribution is -2.17. The first kappa shape index (κ1) is 32.2. The lowest BCUT2D eigenvalue weighted by Gasteiger charge is -2.33. The molecule has 0 radical (unpaired) electrons. The topological polar surface area (TPSA) is 6.48 Å². The maximum Gasteiger partial charge on any atom is 0.0657 e. The van der Waals surface area contributed by atoms with Gasteiger partial charge >= 0.3 is 0 Å². The van der Waals surface area contributed by atoms with E-state index in [-0.39, 0.29) is 10.8 Å². The number of anilines is 6. The Morgan fingerprint density at radius 1 is 0.500 bits per heavy atom. The predicted molar refractivity (Wildman–Crippen MR) is 196 cm³/mol. The minimum Gasteiger partial charge on any atom is -0.309 e. The third-order valence-corrected chi connectivity index (χ3v) is 9.09. The van der Waals surface area contributed by atoms with Crippen LogP contribution in [0.15, 0.2) is 114 Å². The molecular formula is C39H39BrCl2N2. The SMILES string of the molecule is Cc1cc(N(c2ccc(Cl)cc2)c2cccc(C(C)(C)C)c2)c(Br)c(N(c2ccc(Cl)cc2)c2cccc(C(C)(C)C)c2)c1. The lowest BCUT2D eigenvalue weighted by atomic mass is 9.86. The van der Waals surface area contributed by atoms with Gasteiger partial charge in [0, 0.05) is 32.8 Å². The van der Waals surface area contributed by atoms with Gasteiger partial charge in [-0.05, 0) is 135 Å². The number of halogens is 3. The number of nitrogens with zero attached hydrogens (tertiary/aromatic N) is 2. The van der Waals surface area contributed by atoms with Crippen LogP contribution in [0.4, 0.5) is 34.1 Å². The van der Waals surface area contributed by atoms with Gasteiger partial charge in [0.1, 0.15) is 0 Å². The fraction of sp³-hybridized carbons (Fsp3) is 0.231. The van der Waals surface area contributed by atoms with Crippen LogP contribution < -0.4 is 9.80 Å². The summed E-state index contributed by atoms with van der Waals surface area (Å²) in [5.41, 5.74) is 9.90. The van der Waals surface area contributed by atoms with Crippen LogP contribution in [-0.4, -0.2) is 0 Å². The van der Waals surface area contributed by atoms with Crippen molar-refractivity contribution < 1.29 is 0 Å². The van der Waals surface area contributed by atoms with Crippen molar-refractivity contribution in [3.05, 3.63) is 140 Å². The lowest BCUT2D eigenvalue weighted by molar-refractivity contribution is 0.590. The Morgan fingerprint density at radius 3 is 1.20 bits per heavy atom. The molecule has 2 nitrogen and oxygen atoms in total. The Bertz CT molecular complexity index is 1640. The van der Waals surface area contributed by atoms with Gasteiger partial charge in [0.05, 0.1) is 15.8 Å². The molecule has 226 valence electrons. The van der Waals surface area contributed by atoms with Crippen LogP contribution >= 0.6 is 39.1 Å². The summed E-state index contributed by atoms with van der Waals surface area (Å²) in [6.07, 6.45) is 0. The van der Waals surface area contributed by atoms with Gasteiger partial charge in [-0.3, -0.25) is 0 Å². The van der Waals surface area contributed by atoms with E-state index in [0.29, 0.717) is 10.0 Å². The van der Waals surface area contributed by atoms with Crippen LogP contribution in [0.1, 0.15) is 58.2 Å². The Balaban J connectivity index is 1.78. The van der Waals surface area contributed by atoms with E-state index in [0.717, 1.165) is 44.2 Å². The van der Waals surface area contributed by atoms with Gasteiger partial charge in [0.15, 0.2) is 0 Å². The molecular weight excluding hydrogens is 647 g/mol. The molecule has 0 heterocycles. The van der Waals surface area contributed by atoms with Gasteiger partial charge in [0.25, 0.3) is 0 Å². The standard InChI is InChI=1S/C39H39BrCl2N2/c1-26-22-35(43(31-18-14-29(41)15-19-31)33-12-8-10-27(24-33)38(2,3)4)37(40)36(23-26)44(32-20-16-30(42)17-21-32)34-13-9-11-28(25-34)39(5,6)7/h8-25H,1-7H3. The van der Waals surface area contributed by atoms with Crippen molar-refractivity contribution >= 4 is 73.3 Å². The molecule has 0 amide bonds. The van der Waals surface area contributed by atoms with E-state index in [1.807, 2.05) is 24.3 Å². The second-order valence-electron chi connectivity index (χ2n) is 13.3. The highest BCUT2D eigenvalue weighted by Gasteiger charge is 2.25. The van der Waals surface area contributed by atoms with Crippen LogP contribution in [0, 0.1) is 6.92 Å². The molecule has 0 aliphatic carbocycles. The number of benzene rings is 5. The van der Waals surface area contributed by atoms with Gasteiger partial charge in [-0.1, -0.05) is 89.0 Å². The van der Waals surface area contributed by atoms with Crippen LogP contribution in [0.3, 0.4) is 0 Å². The van der Waals surface area contributed by atoms with E-state index in [1.165, 1.54) is 11.1 Å². The van der Waals surface area contributed by atoms with Crippen molar-refractivity contribution in [1.29, 1.82) is 0 Å². The molecule has 0 aliphatic heterocycles. The van der Waals surface area contributed by atoms with E-state index in [9.17, 15) is 0 Å². The molecule has 5 rings (SSSR count). The van der Waals surface area contributed by atoms with Crippen molar-refractivity contribution in [2.24, 2.45) is 0 Å². The molecule has 0 N–H and O–H groups in total. The third-order valence-electron chi connectivity index (χ3n) is 7.77. The first-order valence-corrected chi connectivity index (χ1v) is 16.4. The van der Waals surface area contributed by atoms with Gasteiger partial charge in [-0.25, -0.2) is 0 Å². The fourth-order valence-corrected chi connectivity index (χ4v) is 6.15. The normalized spacial score (nSPS) is 11.9. The molecule has 0 unspecified atom stereocenters. The predicted octanol–water partition coefficient (Wildman–Crippen LogP) is 13.6. The summed E-state index contributed by atoms with van der Waals surface area (Å²) < 4.78 is 0.968. The zero-order valence-corrected chi connectivity index (χ0v) is 29.5. The van der Waals surface area contributed by atoms with E-state index >= 15 is 0 Å². The summed E-state index contributed by atoms with van der Waals surface area (Å²) in [7, 11) is 0. The summed E-state index contributed by atoms with van der Waals surface area (Å²) >= 11 is 16.8. The van der Waals surface area contributed by atoms with Crippen molar-refractivity contribution in [1.82, 2.24) is 0 Å². The first-order chi connectivity index (χ1) is 20.7. The van der Waals surface area contributed by atoms with Gasteiger partial charge in [0.2, 0.25) is 0 Å². The third kappa shape index (κ3) is 7.01. The first-order valence-electron chi connectivity index (χ1n) is 14.8. The second kappa shape index (κ2) is 12.6. The van der Waals surface area contributed by atoms with E-state index < -0.39 is 0 Å². The molecule has 0 bridgehead atoms. The Morgan fingerprint density at radius 2 is 0.864 bits per heavy atom. The summed E-state index contributed by atoms with van der Waals surface area (Å²) in [4.78, 5) is 4.61. The van der Waals surface area contributed by atoms with Crippen molar-refractivity contribution in [3.63, 3.8) is 0 Å². The minimum atomic E-state index is 0.000126. The number of hydrogen-bond acceptors (Lipinski definition) is 2. The molecule has 0 saturated carbocycles. The molecule has 5 aromatic rings. The van der Waals surface area contributed by atoms with Crippen LogP contribution in [0.5, 0.6) is 0 Å². The highest BCUT2D eigenvalue weighted by atomic mass is 79.9. The Hall–Kier alpha value is -3.24. The minimum absolute atomic E-state index is 0.000126. The van der Waals surface area contributed by atoms with Crippen molar-refractivity contribution in [2.45, 2.75) is 59.3 Å². The number of aryl methyl sites for hydroxylation is 1. The Kier molecular flexibility index (Phi) is 9.23. The maximum atomic E-state index is 6.36. The molecule has 44 heavy (non-hydrogen) atoms. The van der Waals surface area contributed by atoms with Crippen molar-refractivity contribution in [3.8, 4) is 0 Å². The second-order valence-corrected chi connectivity index (χ2v) is 15.0. The summed E-state index contributed by atoms with van der Waals surface area (Å²) in [5, 5.41) is 1.41. The largest absolute Gasteiger partial charge is 0.309 e. The van der Waals surface area contributed by atoms with Gasteiger partial charge in [-0.15, -0.1) is 0 Å². The molecule has 5 heteroatoms. The zero-order valence-electron chi connectivity index (χ0n) is 26.4. The molecule has 0 fully saturated rings. The highest BCUT2D eigenvalue weighted by Crippen LogP contribution is 2.48. The van der Waals surface area contributed by atoms with E-state index in [2.05, 4.69) is 159 Å². The number of hydrogen-bond donors (Lipinski definition) is 0. The zero-order chi connectivity index (χ0) is 31.8. The smallest absolute Gasteiger partial charge is 0.0657 e. The van der Waals surface area contributed by atoms with E-state index in [4.69, 9.17) is 23.2 Å². The fourth-order valence-electron chi connectivity index (χ4n) is 5.31. The average molecular weight is 687 g/mol. The van der Waals surface area contributed by atoms with Crippen molar-refractivity contribution in [2.75, 3.05) is 9.80 Å². The highest BCUT2D eigenvalue weighted by molar-refractivity contribution is 9.10. The molecule has 0 spiro atoms. The van der Waals surface area contributed by atoms with Crippen LogP contribution in [-0.2, 0) is 10.8 Å². The maximum absolute atomic E-state index is 6.36. The summed E-state index contributed by atoms with van der Waals surface area (Å²) in [6.45, 7) is 15.6. The van der Waals surface area contributed by atoms with Gasteiger partial charge in [-0.2, -0.15) is 0 Å². The molecule has 0 atom stereocenters. The molecule has 0 aliphatic rings. The number of rotatable bonds is 6. The monoisotopic (exact) mass is 684 g/mol. The molecule has 0 aromatic heterocycles. The summed E-state index contributed by atoms with van der Waals surface area (Å²) in [5.74, 6) is 0. The summed E-state index contributed by atoms with van der Waals surface area (Å²) in [6, 6.07) is 38.1. The van der Waals surface area contributed by atoms with Gasteiger partial charge < -0.3 is 9.80 Å². The van der Waals surface area contributed by atoms with Crippen LogP contribution in [0.2, 0.25) is 10.0 Å². The Labute approximate surface area is 281 Å². The average Bonchev–Trinajstić information content (AvgIpc) is 2.97. The van der Waals surface area contributed by atoms with E-state index in [1.54, 1.807) is 0 Å².